The van der Waals surface area contributed by atoms with Gasteiger partial charge in [-0.3, -0.25) is 0 Å². The summed E-state index contributed by atoms with van der Waals surface area (Å²) < 4.78 is 15.8. The third-order valence-electron chi connectivity index (χ3n) is 3.32. The molecule has 2 aliphatic rings. The second-order valence-corrected chi connectivity index (χ2v) is 4.59. The summed E-state index contributed by atoms with van der Waals surface area (Å²) in [4.78, 5) is 11.9. The number of aliphatic hydroxyl groups is 2. The number of hydrogen-bond donors (Lipinski definition) is 2. The van der Waals surface area contributed by atoms with Crippen molar-refractivity contribution >= 4 is 5.97 Å². The van der Waals surface area contributed by atoms with E-state index >= 15 is 0 Å². The quantitative estimate of drug-likeness (QED) is 0.714. The van der Waals surface area contributed by atoms with Gasteiger partial charge in [0.25, 0.3) is 0 Å². The summed E-state index contributed by atoms with van der Waals surface area (Å²) in [6.07, 6.45) is -4.74. The Hall–Kier alpha value is -1.47. The molecule has 2 saturated heterocycles. The van der Waals surface area contributed by atoms with Gasteiger partial charge in [0.15, 0.2) is 12.4 Å². The number of hydrogen-bond acceptors (Lipinski definition) is 6. The van der Waals surface area contributed by atoms with Gasteiger partial charge in [0, 0.05) is 0 Å². The van der Waals surface area contributed by atoms with Crippen molar-refractivity contribution in [1.82, 2.24) is 0 Å². The van der Waals surface area contributed by atoms with E-state index in [4.69, 9.17) is 14.2 Å². The molecule has 2 heterocycles. The summed E-state index contributed by atoms with van der Waals surface area (Å²) >= 11 is 0. The van der Waals surface area contributed by atoms with E-state index in [2.05, 4.69) is 0 Å². The Morgan fingerprint density at radius 3 is 2.68 bits per heavy atom. The van der Waals surface area contributed by atoms with Gasteiger partial charge in [-0.15, -0.1) is 0 Å². The van der Waals surface area contributed by atoms with Gasteiger partial charge in [-0.1, -0.05) is 18.2 Å². The maximum absolute atomic E-state index is 11.9. The molecule has 5 unspecified atom stereocenters. The van der Waals surface area contributed by atoms with Gasteiger partial charge < -0.3 is 24.4 Å². The topological polar surface area (TPSA) is 85.2 Å². The first-order valence-corrected chi connectivity index (χ1v) is 6.06. The molecule has 0 saturated carbocycles. The number of aliphatic hydroxyl groups excluding tert-OH is 2. The minimum Gasteiger partial charge on any atom is -0.450 e. The predicted molar refractivity (Wildman–Crippen MR) is 62.3 cm³/mol. The van der Waals surface area contributed by atoms with Crippen molar-refractivity contribution in [2.45, 2.75) is 30.7 Å². The SMILES string of the molecule is O=C(OC1C2OCC(O2)C(O)C1O)c1ccccc1. The lowest BCUT2D eigenvalue weighted by Crippen LogP contribution is -2.55. The van der Waals surface area contributed by atoms with Crippen molar-refractivity contribution in [3.05, 3.63) is 35.9 Å². The monoisotopic (exact) mass is 266 g/mol. The molecule has 2 aliphatic heterocycles. The molecule has 2 fully saturated rings. The van der Waals surface area contributed by atoms with E-state index in [1.165, 1.54) is 0 Å². The molecular formula is C13H14O6. The number of carbonyl (C=O) groups is 1. The highest BCUT2D eigenvalue weighted by Gasteiger charge is 2.51. The third kappa shape index (κ3) is 2.23. The Balaban J connectivity index is 1.74. The number of esters is 1. The Kier molecular flexibility index (Phi) is 3.24. The third-order valence-corrected chi connectivity index (χ3v) is 3.32. The van der Waals surface area contributed by atoms with Crippen molar-refractivity contribution < 1.29 is 29.2 Å². The number of carbonyl (C=O) groups excluding carboxylic acids is 1. The number of fused-ring (bicyclic) bond motifs is 2. The highest BCUT2D eigenvalue weighted by atomic mass is 16.8. The molecule has 0 amide bonds. The van der Waals surface area contributed by atoms with Crippen molar-refractivity contribution in [2.75, 3.05) is 6.61 Å². The summed E-state index contributed by atoms with van der Waals surface area (Å²) in [6, 6.07) is 8.41. The molecule has 0 radical (unpaired) electrons. The van der Waals surface area contributed by atoms with Crippen LogP contribution in [0.2, 0.25) is 0 Å². The van der Waals surface area contributed by atoms with Crippen LogP contribution >= 0.6 is 0 Å². The highest BCUT2D eigenvalue weighted by molar-refractivity contribution is 5.89. The second kappa shape index (κ2) is 4.90. The zero-order valence-corrected chi connectivity index (χ0v) is 10.0. The van der Waals surface area contributed by atoms with Gasteiger partial charge >= 0.3 is 5.97 Å². The highest BCUT2D eigenvalue weighted by Crippen LogP contribution is 2.30. The largest absolute Gasteiger partial charge is 0.450 e. The summed E-state index contributed by atoms with van der Waals surface area (Å²) in [5.74, 6) is -0.589. The van der Waals surface area contributed by atoms with Crippen molar-refractivity contribution in [1.29, 1.82) is 0 Å². The molecule has 102 valence electrons. The molecule has 1 aromatic carbocycles. The normalized spacial score (nSPS) is 37.1. The van der Waals surface area contributed by atoms with Crippen LogP contribution in [0.4, 0.5) is 0 Å². The van der Waals surface area contributed by atoms with E-state index in [9.17, 15) is 15.0 Å². The summed E-state index contributed by atoms with van der Waals surface area (Å²) in [5, 5.41) is 19.7. The summed E-state index contributed by atoms with van der Waals surface area (Å²) in [7, 11) is 0. The smallest absolute Gasteiger partial charge is 0.338 e. The molecule has 0 aliphatic carbocycles. The van der Waals surface area contributed by atoms with Gasteiger partial charge in [-0.25, -0.2) is 4.79 Å². The molecular weight excluding hydrogens is 252 g/mol. The lowest BCUT2D eigenvalue weighted by atomic mass is 10.0. The van der Waals surface area contributed by atoms with Crippen LogP contribution in [0.1, 0.15) is 10.4 Å². The molecule has 6 heteroatoms. The van der Waals surface area contributed by atoms with Gasteiger partial charge in [-0.2, -0.15) is 0 Å². The van der Waals surface area contributed by atoms with Crippen LogP contribution in [0, 0.1) is 0 Å². The Morgan fingerprint density at radius 1 is 1.21 bits per heavy atom. The standard InChI is InChI=1S/C13H14O6/c14-9-8-6-17-13(18-8)11(10(9)15)19-12(16)7-4-2-1-3-5-7/h1-5,8-11,13-15H,6H2. The van der Waals surface area contributed by atoms with E-state index in [1.807, 2.05) is 0 Å². The van der Waals surface area contributed by atoms with E-state index in [-0.39, 0.29) is 6.61 Å². The fraction of sp³-hybridized carbons (Fsp3) is 0.462. The molecule has 1 aromatic rings. The van der Waals surface area contributed by atoms with Crippen LogP contribution in [0.5, 0.6) is 0 Å². The van der Waals surface area contributed by atoms with Crippen LogP contribution in [0.25, 0.3) is 0 Å². The predicted octanol–water partition coefficient (Wildman–Crippen LogP) is -0.311. The molecule has 0 aromatic heterocycles. The zero-order valence-electron chi connectivity index (χ0n) is 10.0. The van der Waals surface area contributed by atoms with E-state index in [0.29, 0.717) is 5.56 Å². The van der Waals surface area contributed by atoms with Crippen LogP contribution in [0.3, 0.4) is 0 Å². The zero-order chi connectivity index (χ0) is 13.4. The van der Waals surface area contributed by atoms with Gasteiger partial charge in [0.2, 0.25) is 0 Å². The number of benzene rings is 1. The minimum absolute atomic E-state index is 0.183. The van der Waals surface area contributed by atoms with Crippen LogP contribution in [-0.4, -0.2) is 53.5 Å². The summed E-state index contributed by atoms with van der Waals surface area (Å²) in [6.45, 7) is 0.183. The maximum Gasteiger partial charge on any atom is 0.338 e. The Morgan fingerprint density at radius 2 is 1.95 bits per heavy atom. The fourth-order valence-corrected chi connectivity index (χ4v) is 2.26. The molecule has 5 atom stereocenters. The van der Waals surface area contributed by atoms with Gasteiger partial charge in [0.1, 0.15) is 18.3 Å². The molecule has 0 spiro atoms. The van der Waals surface area contributed by atoms with Gasteiger partial charge in [-0.05, 0) is 12.1 Å². The average Bonchev–Trinajstić information content (AvgIpc) is 2.89. The molecule has 6 nitrogen and oxygen atoms in total. The Bertz CT molecular complexity index is 461. The maximum atomic E-state index is 11.9. The first-order chi connectivity index (χ1) is 9.16. The van der Waals surface area contributed by atoms with Crippen molar-refractivity contribution in [3.8, 4) is 0 Å². The molecule has 19 heavy (non-hydrogen) atoms. The molecule has 2 bridgehead atoms. The number of rotatable bonds is 2. The van der Waals surface area contributed by atoms with Gasteiger partial charge in [0.05, 0.1) is 12.2 Å². The fourth-order valence-electron chi connectivity index (χ4n) is 2.26. The molecule has 2 N–H and O–H groups in total. The van der Waals surface area contributed by atoms with E-state index in [0.717, 1.165) is 0 Å². The van der Waals surface area contributed by atoms with Crippen LogP contribution in [-0.2, 0) is 14.2 Å². The van der Waals surface area contributed by atoms with E-state index < -0.39 is 36.7 Å². The number of ether oxygens (including phenoxy) is 3. The minimum atomic E-state index is -1.21. The lowest BCUT2D eigenvalue weighted by molar-refractivity contribution is -0.228. The average molecular weight is 266 g/mol. The van der Waals surface area contributed by atoms with Crippen LogP contribution in [0.15, 0.2) is 30.3 Å². The van der Waals surface area contributed by atoms with E-state index in [1.54, 1.807) is 30.3 Å². The first kappa shape index (κ1) is 12.6. The second-order valence-electron chi connectivity index (χ2n) is 4.59. The lowest BCUT2D eigenvalue weighted by Gasteiger charge is -2.34. The van der Waals surface area contributed by atoms with Crippen molar-refractivity contribution in [2.24, 2.45) is 0 Å². The van der Waals surface area contributed by atoms with Crippen molar-refractivity contribution in [3.63, 3.8) is 0 Å². The summed E-state index contributed by atoms with van der Waals surface area (Å²) in [5.41, 5.74) is 0.365. The first-order valence-electron chi connectivity index (χ1n) is 6.06. The van der Waals surface area contributed by atoms with Crippen LogP contribution < -0.4 is 0 Å². The Labute approximate surface area is 109 Å². The molecule has 3 rings (SSSR count).